The summed E-state index contributed by atoms with van der Waals surface area (Å²) in [5, 5.41) is 3.60. The number of ether oxygens (including phenoxy) is 2. The van der Waals surface area contributed by atoms with Crippen LogP contribution in [-0.4, -0.2) is 18.2 Å². The number of hydrogen-bond donors (Lipinski definition) is 0. The molecular formula is C24H21NO2. The third-order valence-electron chi connectivity index (χ3n) is 5.22. The van der Waals surface area contributed by atoms with Crippen LogP contribution in [0.3, 0.4) is 0 Å². The van der Waals surface area contributed by atoms with Gasteiger partial charge < -0.3 is 9.47 Å². The summed E-state index contributed by atoms with van der Waals surface area (Å²) in [5.74, 6) is 1.68. The Morgan fingerprint density at radius 3 is 2.33 bits per heavy atom. The topological polar surface area (TPSA) is 31.4 Å². The highest BCUT2D eigenvalue weighted by molar-refractivity contribution is 6.08. The quantitative estimate of drug-likeness (QED) is 0.463. The predicted molar refractivity (Wildman–Crippen MR) is 109 cm³/mol. The molecule has 4 aromatic rings. The summed E-state index contributed by atoms with van der Waals surface area (Å²) in [4.78, 5) is 4.60. The molecule has 0 unspecified atom stereocenters. The van der Waals surface area contributed by atoms with Crippen LogP contribution in [0, 0.1) is 0 Å². The molecule has 0 atom stereocenters. The maximum absolute atomic E-state index is 5.83. The fourth-order valence-corrected chi connectivity index (χ4v) is 3.91. The molecule has 0 radical (unpaired) electrons. The zero-order valence-corrected chi connectivity index (χ0v) is 15.2. The summed E-state index contributed by atoms with van der Waals surface area (Å²) in [7, 11) is 0. The molecule has 0 spiro atoms. The van der Waals surface area contributed by atoms with Crippen LogP contribution in [-0.2, 0) is 12.8 Å². The molecule has 5 rings (SSSR count). The van der Waals surface area contributed by atoms with Crippen LogP contribution in [0.1, 0.15) is 17.5 Å². The van der Waals surface area contributed by atoms with E-state index in [4.69, 9.17) is 9.47 Å². The molecule has 0 fully saturated rings. The lowest BCUT2D eigenvalue weighted by molar-refractivity contribution is 0.172. The Morgan fingerprint density at radius 1 is 0.741 bits per heavy atom. The average molecular weight is 355 g/mol. The Hall–Kier alpha value is -3.07. The van der Waals surface area contributed by atoms with E-state index in [0.717, 1.165) is 41.7 Å². The Kier molecular flexibility index (Phi) is 4.13. The van der Waals surface area contributed by atoms with Gasteiger partial charge in [-0.2, -0.15) is 0 Å². The average Bonchev–Trinajstić information content (AvgIpc) is 2.73. The minimum atomic E-state index is 0.603. The normalized spacial score (nSPS) is 13.2. The third-order valence-corrected chi connectivity index (χ3v) is 5.22. The molecule has 1 aromatic heterocycles. The molecule has 0 amide bonds. The SMILES string of the molecule is c1ccc(CCCc2cc3ncccc3c3cc4c(cc23)OCCO4)cc1. The maximum Gasteiger partial charge on any atom is 0.162 e. The van der Waals surface area contributed by atoms with Crippen molar-refractivity contribution in [2.45, 2.75) is 19.3 Å². The molecule has 0 bridgehead atoms. The van der Waals surface area contributed by atoms with E-state index in [-0.39, 0.29) is 0 Å². The van der Waals surface area contributed by atoms with Gasteiger partial charge in [0.15, 0.2) is 11.5 Å². The zero-order valence-electron chi connectivity index (χ0n) is 15.2. The monoisotopic (exact) mass is 355 g/mol. The van der Waals surface area contributed by atoms with Crippen molar-refractivity contribution in [1.29, 1.82) is 0 Å². The van der Waals surface area contributed by atoms with Crippen molar-refractivity contribution in [2.75, 3.05) is 13.2 Å². The van der Waals surface area contributed by atoms with Crippen LogP contribution in [0.2, 0.25) is 0 Å². The van der Waals surface area contributed by atoms with Crippen LogP contribution in [0.4, 0.5) is 0 Å². The summed E-state index contributed by atoms with van der Waals surface area (Å²) in [6, 6.07) is 21.3. The van der Waals surface area contributed by atoms with Crippen LogP contribution in [0.15, 0.2) is 66.9 Å². The Balaban J connectivity index is 1.57. The van der Waals surface area contributed by atoms with Gasteiger partial charge in [0, 0.05) is 11.6 Å². The summed E-state index contributed by atoms with van der Waals surface area (Å²) < 4.78 is 11.6. The Morgan fingerprint density at radius 2 is 1.52 bits per heavy atom. The van der Waals surface area contributed by atoms with Gasteiger partial charge in [-0.3, -0.25) is 4.98 Å². The summed E-state index contributed by atoms with van der Waals surface area (Å²) >= 11 is 0. The molecule has 0 N–H and O–H groups in total. The van der Waals surface area contributed by atoms with Crippen LogP contribution in [0.5, 0.6) is 11.5 Å². The molecule has 27 heavy (non-hydrogen) atoms. The van der Waals surface area contributed by atoms with Gasteiger partial charge in [-0.25, -0.2) is 0 Å². The number of pyridine rings is 1. The highest BCUT2D eigenvalue weighted by Gasteiger charge is 2.16. The lowest BCUT2D eigenvalue weighted by Gasteiger charge is -2.20. The van der Waals surface area contributed by atoms with E-state index < -0.39 is 0 Å². The van der Waals surface area contributed by atoms with Gasteiger partial charge in [-0.15, -0.1) is 0 Å². The molecule has 2 heterocycles. The smallest absolute Gasteiger partial charge is 0.162 e. The number of nitrogens with zero attached hydrogens (tertiary/aromatic N) is 1. The first-order valence-electron chi connectivity index (χ1n) is 9.52. The van der Waals surface area contributed by atoms with Gasteiger partial charge in [-0.1, -0.05) is 36.4 Å². The molecule has 3 aromatic carbocycles. The Bertz CT molecular complexity index is 1110. The fourth-order valence-electron chi connectivity index (χ4n) is 3.91. The molecule has 0 saturated carbocycles. The van der Waals surface area contributed by atoms with Gasteiger partial charge in [0.1, 0.15) is 13.2 Å². The minimum absolute atomic E-state index is 0.603. The second-order valence-corrected chi connectivity index (χ2v) is 6.99. The second-order valence-electron chi connectivity index (χ2n) is 6.99. The van der Waals surface area contributed by atoms with Gasteiger partial charge >= 0.3 is 0 Å². The third kappa shape index (κ3) is 3.10. The molecule has 0 saturated heterocycles. The number of aromatic nitrogens is 1. The number of aryl methyl sites for hydroxylation is 2. The fraction of sp³-hybridized carbons (Fsp3) is 0.208. The van der Waals surface area contributed by atoms with E-state index >= 15 is 0 Å². The molecule has 3 nitrogen and oxygen atoms in total. The lowest BCUT2D eigenvalue weighted by atomic mass is 9.95. The highest BCUT2D eigenvalue weighted by atomic mass is 16.6. The van der Waals surface area contributed by atoms with Crippen molar-refractivity contribution < 1.29 is 9.47 Å². The molecule has 134 valence electrons. The van der Waals surface area contributed by atoms with Crippen molar-refractivity contribution in [3.8, 4) is 11.5 Å². The van der Waals surface area contributed by atoms with Crippen LogP contribution >= 0.6 is 0 Å². The van der Waals surface area contributed by atoms with E-state index in [1.54, 1.807) is 0 Å². The summed E-state index contributed by atoms with van der Waals surface area (Å²) in [6.45, 7) is 1.21. The Labute approximate surface area is 158 Å². The number of fused-ring (bicyclic) bond motifs is 4. The van der Waals surface area contributed by atoms with Gasteiger partial charge in [-0.05, 0) is 65.4 Å². The largest absolute Gasteiger partial charge is 0.486 e. The summed E-state index contributed by atoms with van der Waals surface area (Å²) in [6.07, 6.45) is 5.05. The standard InChI is InChI=1S/C24H21NO2/c1-2-6-17(7-3-1)8-4-9-18-14-22-19(10-5-11-25-22)21-16-24-23(15-20(18)21)26-12-13-27-24/h1-3,5-7,10-11,14-16H,4,8-9,12-13H2. The number of benzene rings is 3. The van der Waals surface area contributed by atoms with E-state index in [2.05, 4.69) is 59.6 Å². The number of rotatable bonds is 4. The van der Waals surface area contributed by atoms with Gasteiger partial charge in [0.2, 0.25) is 0 Å². The first-order chi connectivity index (χ1) is 13.4. The zero-order chi connectivity index (χ0) is 18.1. The van der Waals surface area contributed by atoms with Crippen molar-refractivity contribution in [1.82, 2.24) is 4.98 Å². The van der Waals surface area contributed by atoms with E-state index in [0.29, 0.717) is 13.2 Å². The van der Waals surface area contributed by atoms with Crippen molar-refractivity contribution in [3.05, 3.63) is 78.0 Å². The maximum atomic E-state index is 5.83. The number of hydrogen-bond acceptors (Lipinski definition) is 3. The molecular weight excluding hydrogens is 334 g/mol. The van der Waals surface area contributed by atoms with E-state index in [1.807, 2.05) is 12.3 Å². The van der Waals surface area contributed by atoms with Crippen LogP contribution < -0.4 is 9.47 Å². The second kappa shape index (κ2) is 6.92. The van der Waals surface area contributed by atoms with E-state index in [1.165, 1.54) is 21.9 Å². The highest BCUT2D eigenvalue weighted by Crippen LogP contribution is 2.39. The first-order valence-corrected chi connectivity index (χ1v) is 9.52. The molecule has 0 aliphatic carbocycles. The van der Waals surface area contributed by atoms with Gasteiger partial charge in [0.25, 0.3) is 0 Å². The van der Waals surface area contributed by atoms with Crippen LogP contribution in [0.25, 0.3) is 21.7 Å². The molecule has 1 aliphatic rings. The van der Waals surface area contributed by atoms with Crippen molar-refractivity contribution in [2.24, 2.45) is 0 Å². The minimum Gasteiger partial charge on any atom is -0.486 e. The molecule has 1 aliphatic heterocycles. The van der Waals surface area contributed by atoms with Crippen molar-refractivity contribution >= 4 is 21.7 Å². The summed E-state index contributed by atoms with van der Waals surface area (Å²) in [5.41, 5.74) is 3.75. The lowest BCUT2D eigenvalue weighted by Crippen LogP contribution is -2.15. The van der Waals surface area contributed by atoms with Gasteiger partial charge in [0.05, 0.1) is 5.52 Å². The van der Waals surface area contributed by atoms with Crippen molar-refractivity contribution in [3.63, 3.8) is 0 Å². The van der Waals surface area contributed by atoms with E-state index in [9.17, 15) is 0 Å². The molecule has 3 heteroatoms. The predicted octanol–water partition coefficient (Wildman–Crippen LogP) is 5.33. The first kappa shape index (κ1) is 16.1.